The fraction of sp³-hybridized carbons (Fsp3) is 0.364. The van der Waals surface area contributed by atoms with E-state index in [1.54, 1.807) is 11.1 Å². The van der Waals surface area contributed by atoms with E-state index >= 15 is 0 Å². The summed E-state index contributed by atoms with van der Waals surface area (Å²) in [6, 6.07) is 32.8. The topological polar surface area (TPSA) is 0 Å². The summed E-state index contributed by atoms with van der Waals surface area (Å²) in [4.78, 5) is 0. The van der Waals surface area contributed by atoms with E-state index in [1.165, 1.54) is 44.5 Å². The molecule has 2 aliphatic carbocycles. The Labute approximate surface area is 275 Å². The summed E-state index contributed by atoms with van der Waals surface area (Å²) >= 11 is -5.22. The van der Waals surface area contributed by atoms with Gasteiger partial charge in [0, 0.05) is 0 Å². The number of allylic oxidation sites excluding steroid dienone is 2. The average Bonchev–Trinajstić information content (AvgIpc) is 3.68. The van der Waals surface area contributed by atoms with Crippen LogP contribution in [0, 0.1) is 0 Å². The molecule has 0 spiro atoms. The van der Waals surface area contributed by atoms with E-state index in [0.29, 0.717) is 26.5 Å². The van der Waals surface area contributed by atoms with E-state index in [2.05, 4.69) is 181 Å². The third-order valence-corrected chi connectivity index (χ3v) is 96.3. The van der Waals surface area contributed by atoms with Crippen molar-refractivity contribution in [1.82, 2.24) is 0 Å². The van der Waals surface area contributed by atoms with Crippen molar-refractivity contribution in [2.24, 2.45) is 0 Å². The molecule has 240 valence electrons. The van der Waals surface area contributed by atoms with Crippen molar-refractivity contribution in [2.45, 2.75) is 91.3 Å². The molecule has 4 aromatic rings. The molecule has 0 saturated carbocycles. The normalized spacial score (nSPS) is 19.7. The molecule has 2 aliphatic rings. The molecule has 4 aromatic carbocycles. The van der Waals surface area contributed by atoms with Gasteiger partial charge in [0.15, 0.2) is 0 Å². The van der Waals surface area contributed by atoms with Crippen molar-refractivity contribution < 1.29 is 14.2 Å². The third kappa shape index (κ3) is 4.17. The molecule has 0 amide bonds. The zero-order valence-corrected chi connectivity index (χ0v) is 35.1. The number of rotatable bonds is 8. The molecule has 0 fully saturated rings. The molecule has 0 aromatic heterocycles. The third-order valence-electron chi connectivity index (χ3n) is 15.5. The van der Waals surface area contributed by atoms with Gasteiger partial charge in [-0.05, 0) is 0 Å². The van der Waals surface area contributed by atoms with Crippen molar-refractivity contribution in [3.8, 4) is 22.3 Å². The number of fused-ring (bicyclic) bond motifs is 2. The van der Waals surface area contributed by atoms with Gasteiger partial charge in [-0.3, -0.25) is 0 Å². The fourth-order valence-corrected chi connectivity index (χ4v) is 50.7. The van der Waals surface area contributed by atoms with Crippen LogP contribution >= 0.6 is 0 Å². The molecule has 0 radical (unpaired) electrons. The Bertz CT molecular complexity index is 1910. The van der Waals surface area contributed by atoms with Crippen LogP contribution in [-0.2, 0) is 14.2 Å². The van der Waals surface area contributed by atoms with Crippen LogP contribution in [0.2, 0.25) is 16.7 Å². The minimum absolute atomic E-state index is 0.388. The Morgan fingerprint density at radius 1 is 0.522 bits per heavy atom. The van der Waals surface area contributed by atoms with E-state index in [0.717, 1.165) is 0 Å². The van der Waals surface area contributed by atoms with Crippen LogP contribution in [0.15, 0.2) is 97.1 Å². The van der Waals surface area contributed by atoms with E-state index in [4.69, 9.17) is 0 Å². The zero-order chi connectivity index (χ0) is 33.3. The van der Waals surface area contributed by atoms with E-state index in [1.807, 2.05) is 0 Å². The van der Waals surface area contributed by atoms with E-state index in [9.17, 15) is 0 Å². The molecule has 0 saturated heterocycles. The van der Waals surface area contributed by atoms with Gasteiger partial charge >= 0.3 is 277 Å². The van der Waals surface area contributed by atoms with Gasteiger partial charge in [-0.2, -0.15) is 0 Å². The fourth-order valence-electron chi connectivity index (χ4n) is 9.84. The first-order chi connectivity index (χ1) is 21.5. The van der Waals surface area contributed by atoms with Crippen molar-refractivity contribution in [2.75, 3.05) is 0 Å². The van der Waals surface area contributed by atoms with Gasteiger partial charge in [0.2, 0.25) is 0 Å². The molecule has 0 heterocycles. The monoisotopic (exact) mass is 792 g/mol. The second-order valence-corrected chi connectivity index (χ2v) is 94.5. The maximum atomic E-state index is 2.88. The molecule has 2 atom stereocenters. The molecule has 2 heteroatoms. The summed E-state index contributed by atoms with van der Waals surface area (Å²) in [5.74, 6) is 1.02. The Morgan fingerprint density at radius 2 is 0.891 bits per heavy atom. The molecular weight excluding hydrogens is 735 g/mol. The van der Waals surface area contributed by atoms with Crippen LogP contribution in [0.1, 0.15) is 108 Å². The Kier molecular flexibility index (Phi) is 7.41. The quantitative estimate of drug-likeness (QED) is 0.156. The van der Waals surface area contributed by atoms with Crippen LogP contribution < -0.4 is 0 Å². The van der Waals surface area contributed by atoms with Gasteiger partial charge in [-0.15, -0.1) is 0 Å². The molecule has 6 rings (SSSR count). The van der Waals surface area contributed by atoms with Crippen LogP contribution in [0.3, 0.4) is 0 Å². The van der Waals surface area contributed by atoms with Gasteiger partial charge in [0.05, 0.1) is 0 Å². The SMILES string of the molecule is CC(C)c1cccc(-c2cccc3c2C=C[CH]3[Hf]([CH3])([CH3])(=[SiH2])([CH](C)C)([CH](C)C)[CH]2C=Cc3c(-c4cccc(C(C)C)c4)cccc32)c1. The minimum atomic E-state index is -5.22. The standard InChI is InChI=1S/2C18H17.2C3H7.2CH3.Hf.H2Si/c2*1-13(2)15-8-3-9-16(12-15)18-11-5-7-14-6-4-10-17(14)18;2*1-3-2;;;;/h2*3-13H,1-2H3;2*3H,1-2H3;2*1H3;;1H2. The Morgan fingerprint density at radius 3 is 1.24 bits per heavy atom. The van der Waals surface area contributed by atoms with Gasteiger partial charge in [-0.25, -0.2) is 0 Å². The van der Waals surface area contributed by atoms with E-state index in [-0.39, 0.29) is 0 Å². The predicted molar refractivity (Wildman–Crippen MR) is 206 cm³/mol. The van der Waals surface area contributed by atoms with Gasteiger partial charge in [0.1, 0.15) is 0 Å². The first-order valence-corrected chi connectivity index (χ1v) is 41.6. The summed E-state index contributed by atoms with van der Waals surface area (Å²) in [6.07, 6.45) is 10.3. The van der Waals surface area contributed by atoms with Crippen LogP contribution in [0.25, 0.3) is 34.4 Å². The first kappa shape index (κ1) is 33.4. The molecule has 2 unspecified atom stereocenters. The van der Waals surface area contributed by atoms with Crippen molar-refractivity contribution in [3.05, 3.63) is 130 Å². The van der Waals surface area contributed by atoms with Crippen LogP contribution in [0.5, 0.6) is 0 Å². The summed E-state index contributed by atoms with van der Waals surface area (Å²) in [5.41, 5.74) is 14.2. The number of hydrogen-bond donors (Lipinski definition) is 0. The molecule has 46 heavy (non-hydrogen) atoms. The molecule has 0 bridgehead atoms. The van der Waals surface area contributed by atoms with E-state index < -0.39 is 14.2 Å². The van der Waals surface area contributed by atoms with Gasteiger partial charge < -0.3 is 0 Å². The molecular formula is C44H56HfSi. The molecule has 0 N–H and O–H groups in total. The summed E-state index contributed by atoms with van der Waals surface area (Å²) in [6.45, 7) is 22.0. The number of benzene rings is 4. The van der Waals surface area contributed by atoms with Crippen LogP contribution in [-0.4, -0.2) is 6.94 Å². The van der Waals surface area contributed by atoms with Crippen molar-refractivity contribution >= 4 is 19.1 Å². The summed E-state index contributed by atoms with van der Waals surface area (Å²) < 4.78 is 7.60. The first-order valence-electron chi connectivity index (χ1n) is 17.8. The Balaban J connectivity index is 1.61. The molecule has 0 nitrogen and oxygen atoms in total. The van der Waals surface area contributed by atoms with Gasteiger partial charge in [0.25, 0.3) is 0 Å². The van der Waals surface area contributed by atoms with Crippen molar-refractivity contribution in [1.29, 1.82) is 0 Å². The van der Waals surface area contributed by atoms with Gasteiger partial charge in [-0.1, -0.05) is 0 Å². The van der Waals surface area contributed by atoms with Crippen molar-refractivity contribution in [3.63, 3.8) is 0 Å². The summed E-state index contributed by atoms with van der Waals surface area (Å²) in [5, 5.41) is 0. The summed E-state index contributed by atoms with van der Waals surface area (Å²) in [7, 11) is 0. The molecule has 0 aliphatic heterocycles. The second-order valence-electron chi connectivity index (χ2n) is 18.5. The number of hydrogen-bond acceptors (Lipinski definition) is 0. The average molecular weight is 792 g/mol. The zero-order valence-electron chi connectivity index (χ0n) is 30.1. The maximum absolute atomic E-state index is 5.22. The van der Waals surface area contributed by atoms with Crippen LogP contribution in [0.4, 0.5) is 0 Å². The Hall–Kier alpha value is -2.55. The second kappa shape index (κ2) is 10.2. The predicted octanol–water partition coefficient (Wildman–Crippen LogP) is 13.2.